The number of rotatable bonds is 13. The number of ether oxygens (including phenoxy) is 1. The van der Waals surface area contributed by atoms with Gasteiger partial charge in [0, 0.05) is 23.7 Å². The zero-order chi connectivity index (χ0) is 31.8. The lowest BCUT2D eigenvalue weighted by molar-refractivity contribution is -0.144. The zero-order valence-corrected chi connectivity index (χ0v) is 23.5. The first kappa shape index (κ1) is 31.2. The van der Waals surface area contributed by atoms with E-state index in [9.17, 15) is 29.1 Å². The molecule has 4 rings (SSSR count). The average Bonchev–Trinajstić information content (AvgIpc) is 2.99. The van der Waals surface area contributed by atoms with E-state index in [-0.39, 0.29) is 43.4 Å². The minimum atomic E-state index is -1.50. The van der Waals surface area contributed by atoms with Gasteiger partial charge in [0.05, 0.1) is 12.2 Å². The topological polar surface area (TPSA) is 212 Å². The van der Waals surface area contributed by atoms with Crippen LogP contribution in [0, 0.1) is 11.3 Å². The number of benzene rings is 3. The molecule has 44 heavy (non-hydrogen) atoms. The summed E-state index contributed by atoms with van der Waals surface area (Å²) in [6, 6.07) is 18.8. The first-order valence-electron chi connectivity index (χ1n) is 13.6. The van der Waals surface area contributed by atoms with E-state index < -0.39 is 42.1 Å². The normalized spacial score (nSPS) is 13.5. The summed E-state index contributed by atoms with van der Waals surface area (Å²) in [5, 5.41) is 31.0. The van der Waals surface area contributed by atoms with Crippen LogP contribution < -0.4 is 26.0 Å². The second-order valence-corrected chi connectivity index (χ2v) is 10.1. The summed E-state index contributed by atoms with van der Waals surface area (Å²) in [5.74, 6) is -5.59. The molecule has 13 nitrogen and oxygen atoms in total. The van der Waals surface area contributed by atoms with E-state index in [4.69, 9.17) is 21.0 Å². The van der Waals surface area contributed by atoms with E-state index in [1.54, 1.807) is 66.7 Å². The van der Waals surface area contributed by atoms with Crippen molar-refractivity contribution in [3.05, 3.63) is 89.5 Å². The van der Waals surface area contributed by atoms with Crippen LogP contribution >= 0.6 is 0 Å². The Morgan fingerprint density at radius 3 is 2.30 bits per heavy atom. The number of carbonyl (C=O) groups is 5. The standard InChI is InChI=1S/C31H31N5O8/c32-28(33)20-8-6-19(7-9-20)16-36-24-12-10-21(15-25(24)44-17-26(36)37)34-29(40)22(14-18-4-2-1-3-5-18)30(41)35-23(31(42)43)11-13-27(38)39/h1-10,12,15,22-23H,11,13-14,16-17H2,(H3,32,33)(H,34,40)(H,35,41)(H,38,39)(H,42,43)/t22?,23-/m0/s1. The molecule has 1 aliphatic rings. The van der Waals surface area contributed by atoms with Crippen LogP contribution in [0.3, 0.4) is 0 Å². The minimum absolute atomic E-state index is 0.0457. The molecule has 0 saturated carbocycles. The molecule has 0 bridgehead atoms. The Hall–Kier alpha value is -5.72. The SMILES string of the molecule is N=C(N)c1ccc(CN2C(=O)COc3cc(NC(=O)C(Cc4ccccc4)C(=O)N[C@@H](CCC(=O)O)C(=O)O)ccc32)cc1. The highest BCUT2D eigenvalue weighted by atomic mass is 16.5. The summed E-state index contributed by atoms with van der Waals surface area (Å²) in [6.45, 7) is -0.00703. The fraction of sp³-hybridized carbons (Fsp3) is 0.226. The lowest BCUT2D eigenvalue weighted by Gasteiger charge is -2.30. The van der Waals surface area contributed by atoms with E-state index in [0.717, 1.165) is 5.56 Å². The smallest absolute Gasteiger partial charge is 0.326 e. The Bertz CT molecular complexity index is 1580. The molecule has 0 radical (unpaired) electrons. The number of anilines is 2. The van der Waals surface area contributed by atoms with Gasteiger partial charge in [0.2, 0.25) is 11.8 Å². The van der Waals surface area contributed by atoms with E-state index in [0.29, 0.717) is 22.6 Å². The highest BCUT2D eigenvalue weighted by molar-refractivity contribution is 6.08. The predicted octanol–water partition coefficient (Wildman–Crippen LogP) is 2.13. The minimum Gasteiger partial charge on any atom is -0.481 e. The molecule has 0 spiro atoms. The molecule has 0 aromatic heterocycles. The third kappa shape index (κ3) is 7.97. The van der Waals surface area contributed by atoms with Crippen molar-refractivity contribution in [2.75, 3.05) is 16.8 Å². The second-order valence-electron chi connectivity index (χ2n) is 10.1. The number of carboxylic acid groups (broad SMARTS) is 2. The molecule has 228 valence electrons. The maximum atomic E-state index is 13.4. The molecule has 3 aromatic carbocycles. The zero-order valence-electron chi connectivity index (χ0n) is 23.5. The third-order valence-electron chi connectivity index (χ3n) is 6.95. The van der Waals surface area contributed by atoms with Crippen molar-refractivity contribution in [3.8, 4) is 5.75 Å². The van der Waals surface area contributed by atoms with Crippen molar-refractivity contribution >= 4 is 46.9 Å². The summed E-state index contributed by atoms with van der Waals surface area (Å²) in [6.07, 6.45) is -0.880. The van der Waals surface area contributed by atoms with Crippen molar-refractivity contribution in [1.82, 2.24) is 5.32 Å². The van der Waals surface area contributed by atoms with Gasteiger partial charge < -0.3 is 36.2 Å². The van der Waals surface area contributed by atoms with Gasteiger partial charge in [0.25, 0.3) is 5.91 Å². The lowest BCUT2D eigenvalue weighted by Crippen LogP contribution is -2.47. The Kier molecular flexibility index (Phi) is 9.91. The molecule has 13 heteroatoms. The number of amidine groups is 1. The van der Waals surface area contributed by atoms with Crippen LogP contribution in [0.25, 0.3) is 0 Å². The molecular weight excluding hydrogens is 570 g/mol. The molecule has 3 aromatic rings. The number of carbonyl (C=O) groups excluding carboxylic acids is 3. The maximum absolute atomic E-state index is 13.4. The van der Waals surface area contributed by atoms with Crippen LogP contribution in [-0.4, -0.2) is 58.4 Å². The molecule has 0 aliphatic carbocycles. The van der Waals surface area contributed by atoms with Gasteiger partial charge in [-0.1, -0.05) is 54.6 Å². The predicted molar refractivity (Wildman–Crippen MR) is 159 cm³/mol. The molecule has 3 amide bonds. The van der Waals surface area contributed by atoms with Crippen molar-refractivity contribution in [3.63, 3.8) is 0 Å². The van der Waals surface area contributed by atoms with Crippen LogP contribution in [0.5, 0.6) is 5.75 Å². The van der Waals surface area contributed by atoms with Crippen molar-refractivity contribution in [1.29, 1.82) is 5.41 Å². The number of nitrogens with zero attached hydrogens (tertiary/aromatic N) is 1. The number of hydrogen-bond acceptors (Lipinski definition) is 7. The van der Waals surface area contributed by atoms with Crippen LogP contribution in [0.2, 0.25) is 0 Å². The number of amides is 3. The van der Waals surface area contributed by atoms with Gasteiger partial charge >= 0.3 is 11.9 Å². The highest BCUT2D eigenvalue weighted by Gasteiger charge is 2.32. The van der Waals surface area contributed by atoms with Crippen molar-refractivity contribution in [2.24, 2.45) is 11.7 Å². The highest BCUT2D eigenvalue weighted by Crippen LogP contribution is 2.35. The lowest BCUT2D eigenvalue weighted by atomic mass is 9.96. The van der Waals surface area contributed by atoms with Crippen LogP contribution in [0.15, 0.2) is 72.8 Å². The number of hydrogen-bond donors (Lipinski definition) is 6. The van der Waals surface area contributed by atoms with Crippen LogP contribution in [-0.2, 0) is 36.9 Å². The van der Waals surface area contributed by atoms with Crippen LogP contribution in [0.4, 0.5) is 11.4 Å². The van der Waals surface area contributed by atoms with Gasteiger partial charge in [-0.15, -0.1) is 0 Å². The van der Waals surface area contributed by atoms with E-state index >= 15 is 0 Å². The molecule has 7 N–H and O–H groups in total. The van der Waals surface area contributed by atoms with E-state index in [2.05, 4.69) is 10.6 Å². The molecule has 0 fully saturated rings. The number of aliphatic carboxylic acids is 2. The largest absolute Gasteiger partial charge is 0.481 e. The number of nitrogen functional groups attached to an aromatic ring is 1. The van der Waals surface area contributed by atoms with Gasteiger partial charge in [-0.25, -0.2) is 4.79 Å². The Balaban J connectivity index is 1.53. The van der Waals surface area contributed by atoms with Crippen molar-refractivity contribution < 1.29 is 38.9 Å². The maximum Gasteiger partial charge on any atom is 0.326 e. The Morgan fingerprint density at radius 1 is 0.955 bits per heavy atom. The Morgan fingerprint density at radius 2 is 1.66 bits per heavy atom. The fourth-order valence-electron chi connectivity index (χ4n) is 4.61. The fourth-order valence-corrected chi connectivity index (χ4v) is 4.61. The molecular formula is C31H31N5O8. The number of nitrogens with two attached hydrogens (primary N) is 1. The van der Waals surface area contributed by atoms with Crippen LogP contribution in [0.1, 0.15) is 29.5 Å². The molecule has 1 heterocycles. The summed E-state index contributed by atoms with van der Waals surface area (Å²) in [4.78, 5) is 63.5. The van der Waals surface area contributed by atoms with E-state index in [1.807, 2.05) is 0 Å². The van der Waals surface area contributed by atoms with E-state index in [1.165, 1.54) is 11.0 Å². The monoisotopic (exact) mass is 601 g/mol. The van der Waals surface area contributed by atoms with Gasteiger partial charge in [0.15, 0.2) is 6.61 Å². The number of carboxylic acids is 2. The van der Waals surface area contributed by atoms with Crippen molar-refractivity contribution in [2.45, 2.75) is 31.8 Å². The molecule has 2 atom stereocenters. The average molecular weight is 602 g/mol. The number of nitrogens with one attached hydrogen (secondary N) is 3. The summed E-state index contributed by atoms with van der Waals surface area (Å²) in [5.41, 5.74) is 8.27. The molecule has 1 unspecified atom stereocenters. The number of fused-ring (bicyclic) bond motifs is 1. The molecule has 0 saturated heterocycles. The second kappa shape index (κ2) is 14.0. The van der Waals surface area contributed by atoms with Gasteiger partial charge in [0.1, 0.15) is 23.5 Å². The summed E-state index contributed by atoms with van der Waals surface area (Å²) < 4.78 is 5.63. The first-order valence-corrected chi connectivity index (χ1v) is 13.6. The quantitative estimate of drug-likeness (QED) is 0.0960. The third-order valence-corrected chi connectivity index (χ3v) is 6.95. The first-order chi connectivity index (χ1) is 21.0. The van der Waals surface area contributed by atoms with Gasteiger partial charge in [-0.2, -0.15) is 0 Å². The Labute approximate surface area is 252 Å². The summed E-state index contributed by atoms with van der Waals surface area (Å²) >= 11 is 0. The molecule has 1 aliphatic heterocycles. The van der Waals surface area contributed by atoms with Gasteiger partial charge in [-0.05, 0) is 36.1 Å². The summed E-state index contributed by atoms with van der Waals surface area (Å²) in [7, 11) is 0. The van der Waals surface area contributed by atoms with Gasteiger partial charge in [-0.3, -0.25) is 24.6 Å².